The molecule has 0 aliphatic carbocycles. The predicted molar refractivity (Wildman–Crippen MR) is 144 cm³/mol. The summed E-state index contributed by atoms with van der Waals surface area (Å²) in [6.45, 7) is 4.26. The Morgan fingerprint density at radius 2 is 1.28 bits per heavy atom. The quantitative estimate of drug-likeness (QED) is 0.261. The van der Waals surface area contributed by atoms with Crippen LogP contribution in [0.15, 0.2) is 60.7 Å². The lowest BCUT2D eigenvalue weighted by Gasteiger charge is -2.11. The van der Waals surface area contributed by atoms with Gasteiger partial charge in [0.2, 0.25) is 11.0 Å². The smallest absolute Gasteiger partial charge is 0.230 e. The maximum atomic E-state index is 12.4. The number of carbonyl (C=O) groups is 2. The first kappa shape index (κ1) is 25.8. The largest absolute Gasteiger partial charge is 0.300 e. The van der Waals surface area contributed by atoms with Crippen LogP contribution in [0.3, 0.4) is 0 Å². The van der Waals surface area contributed by atoms with E-state index < -0.39 is 0 Å². The summed E-state index contributed by atoms with van der Waals surface area (Å²) in [5.74, 6) is 0.498. The van der Waals surface area contributed by atoms with Crippen LogP contribution in [0.2, 0.25) is 0 Å². The monoisotopic (exact) mass is 519 g/mol. The summed E-state index contributed by atoms with van der Waals surface area (Å²) in [4.78, 5) is 24.7. The second-order valence-electron chi connectivity index (χ2n) is 8.95. The van der Waals surface area contributed by atoms with Gasteiger partial charge < -0.3 is 5.32 Å². The minimum Gasteiger partial charge on any atom is -0.300 e. The van der Waals surface area contributed by atoms with Crippen molar-refractivity contribution in [2.24, 2.45) is 0 Å². The summed E-state index contributed by atoms with van der Waals surface area (Å²) in [6.07, 6.45) is 2.88. The normalized spacial score (nSPS) is 12.7. The Morgan fingerprint density at radius 3 is 1.92 bits per heavy atom. The molecule has 0 fully saturated rings. The van der Waals surface area contributed by atoms with Crippen molar-refractivity contribution in [3.63, 3.8) is 0 Å². The third-order valence-electron chi connectivity index (χ3n) is 5.85. The number of anilines is 1. The Balaban J connectivity index is 1.23. The molecular weight excluding hydrogens is 490 g/mol. The number of rotatable bonds is 12. The molecule has 4 aromatic rings. The minimum absolute atomic E-state index is 0.0977. The molecule has 0 saturated heterocycles. The number of Topliss-reactive ketones (excluding diaryl/α,β-unsaturated/α-hetero) is 1. The average molecular weight is 520 g/mol. The second kappa shape index (κ2) is 12.6. The number of hydrogen-bond acceptors (Lipinski definition) is 8. The molecule has 7 nitrogen and oxygen atoms in total. The van der Waals surface area contributed by atoms with Crippen molar-refractivity contribution in [1.29, 1.82) is 0 Å². The highest BCUT2D eigenvalue weighted by Gasteiger charge is 2.18. The molecule has 1 amide bonds. The summed E-state index contributed by atoms with van der Waals surface area (Å²) >= 11 is 2.94. The number of benzene rings is 2. The van der Waals surface area contributed by atoms with E-state index >= 15 is 0 Å². The fourth-order valence-corrected chi connectivity index (χ4v) is 5.57. The first-order valence-electron chi connectivity index (χ1n) is 12.0. The highest BCUT2D eigenvalue weighted by Crippen LogP contribution is 2.31. The minimum atomic E-state index is -0.0977. The molecule has 2 aromatic carbocycles. The second-order valence-corrected chi connectivity index (χ2v) is 11.1. The summed E-state index contributed by atoms with van der Waals surface area (Å²) in [5.41, 5.74) is 1.98. The molecule has 36 heavy (non-hydrogen) atoms. The Morgan fingerprint density at radius 1 is 0.722 bits per heavy atom. The standard InChI is InChI=1S/C27H29N5O2S2/c1-18(25-30-29-24(35-25)17-22(33)15-20-9-5-3-6-10-20)13-14-19(2)26-31-32-27(36-26)28-23(34)16-21-11-7-4-8-12-21/h3-12,18-19H,13-17H2,1-2H3,(H,28,32,34). The fraction of sp³-hybridized carbons (Fsp3) is 0.333. The Hall–Kier alpha value is -3.30. The lowest BCUT2D eigenvalue weighted by molar-refractivity contribution is -0.118. The number of hydrogen-bond donors (Lipinski definition) is 1. The summed E-state index contributed by atoms with van der Waals surface area (Å²) in [5, 5.41) is 23.0. The van der Waals surface area contributed by atoms with Crippen LogP contribution in [0.1, 0.15) is 64.7 Å². The summed E-state index contributed by atoms with van der Waals surface area (Å²) < 4.78 is 0. The van der Waals surface area contributed by atoms with E-state index in [1.54, 1.807) is 0 Å². The van der Waals surface area contributed by atoms with Gasteiger partial charge in [-0.2, -0.15) is 0 Å². The van der Waals surface area contributed by atoms with E-state index in [0.717, 1.165) is 39.0 Å². The van der Waals surface area contributed by atoms with Crippen molar-refractivity contribution < 1.29 is 9.59 Å². The first-order valence-corrected chi connectivity index (χ1v) is 13.6. The van der Waals surface area contributed by atoms with Crippen LogP contribution in [-0.2, 0) is 28.9 Å². The van der Waals surface area contributed by atoms with E-state index in [4.69, 9.17) is 0 Å². The van der Waals surface area contributed by atoms with E-state index in [-0.39, 0.29) is 23.5 Å². The SMILES string of the molecule is CC(CCC(C)c1nnc(NC(=O)Cc2ccccc2)s1)c1nnc(CC(=O)Cc2ccccc2)s1. The molecule has 0 aliphatic heterocycles. The molecule has 186 valence electrons. The molecule has 0 bridgehead atoms. The highest BCUT2D eigenvalue weighted by molar-refractivity contribution is 7.15. The number of aromatic nitrogens is 4. The van der Waals surface area contributed by atoms with Crippen LogP contribution in [0, 0.1) is 0 Å². The molecule has 0 saturated carbocycles. The summed E-state index contributed by atoms with van der Waals surface area (Å²) in [6, 6.07) is 19.4. The van der Waals surface area contributed by atoms with Crippen molar-refractivity contribution in [1.82, 2.24) is 20.4 Å². The summed E-state index contributed by atoms with van der Waals surface area (Å²) in [7, 11) is 0. The van der Waals surface area contributed by atoms with Gasteiger partial charge in [0.1, 0.15) is 20.8 Å². The predicted octanol–water partition coefficient (Wildman–Crippen LogP) is 5.61. The first-order chi connectivity index (χ1) is 17.5. The van der Waals surface area contributed by atoms with Gasteiger partial charge in [-0.05, 0) is 24.0 Å². The van der Waals surface area contributed by atoms with E-state index in [0.29, 0.717) is 24.4 Å². The van der Waals surface area contributed by atoms with Crippen LogP contribution in [0.4, 0.5) is 5.13 Å². The van der Waals surface area contributed by atoms with E-state index in [9.17, 15) is 9.59 Å². The van der Waals surface area contributed by atoms with Crippen molar-refractivity contribution >= 4 is 39.5 Å². The lowest BCUT2D eigenvalue weighted by Crippen LogP contribution is -2.14. The molecule has 9 heteroatoms. The van der Waals surface area contributed by atoms with Crippen LogP contribution in [-0.4, -0.2) is 32.1 Å². The molecule has 2 unspecified atom stereocenters. The Kier molecular flexibility index (Phi) is 9.02. The van der Waals surface area contributed by atoms with E-state index in [1.807, 2.05) is 60.7 Å². The van der Waals surface area contributed by atoms with Gasteiger partial charge in [0.15, 0.2) is 0 Å². The van der Waals surface area contributed by atoms with E-state index in [2.05, 4.69) is 39.6 Å². The molecule has 2 aromatic heterocycles. The lowest BCUT2D eigenvalue weighted by atomic mass is 9.99. The topological polar surface area (TPSA) is 97.7 Å². The number of nitrogens with zero attached hydrogens (tertiary/aromatic N) is 4. The molecule has 4 rings (SSSR count). The number of ketones is 1. The van der Waals surface area contributed by atoms with Crippen LogP contribution in [0.25, 0.3) is 0 Å². The number of amides is 1. The highest BCUT2D eigenvalue weighted by atomic mass is 32.1. The van der Waals surface area contributed by atoms with Gasteiger partial charge in [-0.3, -0.25) is 9.59 Å². The van der Waals surface area contributed by atoms with Gasteiger partial charge in [0, 0.05) is 18.3 Å². The van der Waals surface area contributed by atoms with Gasteiger partial charge in [0.25, 0.3) is 0 Å². The van der Waals surface area contributed by atoms with E-state index in [1.165, 1.54) is 22.7 Å². The zero-order valence-electron chi connectivity index (χ0n) is 20.4. The third kappa shape index (κ3) is 7.60. The van der Waals surface area contributed by atoms with Gasteiger partial charge >= 0.3 is 0 Å². The van der Waals surface area contributed by atoms with Gasteiger partial charge in [-0.25, -0.2) is 0 Å². The molecule has 0 aliphatic rings. The molecule has 2 heterocycles. The molecule has 1 N–H and O–H groups in total. The zero-order chi connectivity index (χ0) is 25.3. The maximum Gasteiger partial charge on any atom is 0.230 e. The van der Waals surface area contributed by atoms with Gasteiger partial charge in [0.05, 0.1) is 12.8 Å². The van der Waals surface area contributed by atoms with Crippen molar-refractivity contribution in [2.75, 3.05) is 5.32 Å². The van der Waals surface area contributed by atoms with Gasteiger partial charge in [-0.15, -0.1) is 31.7 Å². The van der Waals surface area contributed by atoms with Crippen molar-refractivity contribution in [2.45, 2.75) is 57.8 Å². The maximum absolute atomic E-state index is 12.4. The average Bonchev–Trinajstić information content (AvgIpc) is 3.53. The fourth-order valence-electron chi connectivity index (χ4n) is 3.77. The molecule has 0 radical (unpaired) electrons. The molecule has 0 spiro atoms. The van der Waals surface area contributed by atoms with Crippen molar-refractivity contribution in [3.05, 3.63) is 86.8 Å². The molecular formula is C27H29N5O2S2. The van der Waals surface area contributed by atoms with Crippen LogP contribution >= 0.6 is 22.7 Å². The van der Waals surface area contributed by atoms with Crippen LogP contribution in [0.5, 0.6) is 0 Å². The zero-order valence-corrected chi connectivity index (χ0v) is 22.0. The number of nitrogens with one attached hydrogen (secondary N) is 1. The number of carbonyl (C=O) groups excluding carboxylic acids is 2. The third-order valence-corrected chi connectivity index (χ3v) is 8.07. The van der Waals surface area contributed by atoms with Crippen molar-refractivity contribution in [3.8, 4) is 0 Å². The molecule has 2 atom stereocenters. The Labute approximate surface area is 219 Å². The Bertz CT molecular complexity index is 1170. The van der Waals surface area contributed by atoms with Crippen LogP contribution < -0.4 is 5.32 Å². The van der Waals surface area contributed by atoms with Gasteiger partial charge in [-0.1, -0.05) is 85.8 Å².